The molecule has 2 heterocycles. The fraction of sp³-hybridized carbons (Fsp3) is 0.188. The van der Waals surface area contributed by atoms with Crippen molar-refractivity contribution in [2.24, 2.45) is 0 Å². The minimum absolute atomic E-state index is 0.0702. The minimum atomic E-state index is -0.0702. The molecule has 0 atom stereocenters. The van der Waals surface area contributed by atoms with Crippen molar-refractivity contribution in [3.05, 3.63) is 60.7 Å². The van der Waals surface area contributed by atoms with Crippen LogP contribution >= 0.6 is 0 Å². The molecule has 2 amide bonds. The van der Waals surface area contributed by atoms with Crippen LogP contribution in [0, 0.1) is 0 Å². The third-order valence-corrected chi connectivity index (χ3v) is 3.43. The van der Waals surface area contributed by atoms with E-state index in [1.54, 1.807) is 17.4 Å². The average Bonchev–Trinajstić information content (AvgIpc) is 2.57. The summed E-state index contributed by atoms with van der Waals surface area (Å²) < 4.78 is 0. The maximum absolute atomic E-state index is 12.2. The number of urea groups is 1. The summed E-state index contributed by atoms with van der Waals surface area (Å²) in [6.07, 6.45) is 6.14. The Kier molecular flexibility index (Phi) is 3.91. The van der Waals surface area contributed by atoms with Gasteiger partial charge in [0.2, 0.25) is 0 Å². The number of rotatable bonds is 2. The van der Waals surface area contributed by atoms with E-state index < -0.39 is 0 Å². The molecule has 1 aliphatic heterocycles. The van der Waals surface area contributed by atoms with Gasteiger partial charge in [0.15, 0.2) is 0 Å². The first-order valence-electron chi connectivity index (χ1n) is 6.89. The van der Waals surface area contributed by atoms with E-state index in [2.05, 4.69) is 21.4 Å². The summed E-state index contributed by atoms with van der Waals surface area (Å²) in [4.78, 5) is 22.1. The average molecular weight is 280 g/mol. The monoisotopic (exact) mass is 280 g/mol. The van der Waals surface area contributed by atoms with E-state index >= 15 is 0 Å². The van der Waals surface area contributed by atoms with Crippen LogP contribution in [0.4, 0.5) is 10.5 Å². The van der Waals surface area contributed by atoms with Gasteiger partial charge in [-0.3, -0.25) is 0 Å². The summed E-state index contributed by atoms with van der Waals surface area (Å²) in [5.74, 6) is 0. The van der Waals surface area contributed by atoms with E-state index in [4.69, 9.17) is 0 Å². The Morgan fingerprint density at radius 3 is 2.71 bits per heavy atom. The molecule has 3 rings (SSSR count). The zero-order valence-corrected chi connectivity index (χ0v) is 11.6. The Labute approximate surface area is 123 Å². The number of amides is 2. The molecule has 1 aromatic carbocycles. The molecule has 0 spiro atoms. The topological polar surface area (TPSA) is 58.1 Å². The molecule has 0 saturated carbocycles. The molecule has 21 heavy (non-hydrogen) atoms. The van der Waals surface area contributed by atoms with Crippen molar-refractivity contribution in [1.82, 2.24) is 14.9 Å². The lowest BCUT2D eigenvalue weighted by Crippen LogP contribution is -2.37. The van der Waals surface area contributed by atoms with Crippen LogP contribution in [0.2, 0.25) is 0 Å². The smallest absolute Gasteiger partial charge is 0.320 e. The summed E-state index contributed by atoms with van der Waals surface area (Å²) in [6, 6.07) is 11.3. The number of anilines is 1. The van der Waals surface area contributed by atoms with Gasteiger partial charge in [-0.2, -0.15) is 0 Å². The molecule has 0 saturated heterocycles. The second-order valence-corrected chi connectivity index (χ2v) is 4.82. The van der Waals surface area contributed by atoms with Crippen LogP contribution in [-0.2, 0) is 0 Å². The van der Waals surface area contributed by atoms with E-state index in [-0.39, 0.29) is 6.03 Å². The molecule has 0 aliphatic carbocycles. The van der Waals surface area contributed by atoms with Gasteiger partial charge in [-0.15, -0.1) is 0 Å². The van der Waals surface area contributed by atoms with E-state index in [9.17, 15) is 4.79 Å². The number of hydrogen-bond donors (Lipinski definition) is 1. The Hall–Kier alpha value is -2.69. The number of nitrogens with one attached hydrogen (secondary N) is 1. The van der Waals surface area contributed by atoms with Gasteiger partial charge in [0, 0.05) is 25.0 Å². The molecule has 1 aromatic heterocycles. The van der Waals surface area contributed by atoms with Gasteiger partial charge in [-0.25, -0.2) is 14.8 Å². The standard InChI is InChI=1S/C16H16N4O/c21-16(19-14-4-2-1-3-5-14)20-10-7-13(8-11-20)15-6-9-17-12-18-15/h1-7,9,12H,8,10-11H2,(H,19,21). The van der Waals surface area contributed by atoms with Crippen LogP contribution in [0.1, 0.15) is 12.1 Å². The van der Waals surface area contributed by atoms with Crippen molar-refractivity contribution in [1.29, 1.82) is 0 Å². The van der Waals surface area contributed by atoms with Gasteiger partial charge in [-0.1, -0.05) is 24.3 Å². The van der Waals surface area contributed by atoms with Crippen molar-refractivity contribution in [3.63, 3.8) is 0 Å². The maximum Gasteiger partial charge on any atom is 0.322 e. The van der Waals surface area contributed by atoms with E-state index in [1.807, 2.05) is 36.4 Å². The van der Waals surface area contributed by atoms with Crippen LogP contribution in [0.5, 0.6) is 0 Å². The first-order chi connectivity index (χ1) is 10.3. The highest BCUT2D eigenvalue weighted by Gasteiger charge is 2.18. The molecule has 0 fully saturated rings. The maximum atomic E-state index is 12.2. The second kappa shape index (κ2) is 6.17. The lowest BCUT2D eigenvalue weighted by atomic mass is 10.1. The number of nitrogens with zero attached hydrogens (tertiary/aromatic N) is 3. The highest BCUT2D eigenvalue weighted by Crippen LogP contribution is 2.20. The van der Waals surface area contributed by atoms with Gasteiger partial charge in [-0.05, 0) is 30.2 Å². The van der Waals surface area contributed by atoms with Crippen LogP contribution < -0.4 is 5.32 Å². The number of hydrogen-bond acceptors (Lipinski definition) is 3. The summed E-state index contributed by atoms with van der Waals surface area (Å²) in [5, 5.41) is 2.90. The Morgan fingerprint density at radius 1 is 1.19 bits per heavy atom. The highest BCUT2D eigenvalue weighted by molar-refractivity contribution is 5.89. The van der Waals surface area contributed by atoms with Crippen molar-refractivity contribution in [2.45, 2.75) is 6.42 Å². The lowest BCUT2D eigenvalue weighted by Gasteiger charge is -2.26. The zero-order chi connectivity index (χ0) is 14.5. The SMILES string of the molecule is O=C(Nc1ccccc1)N1CC=C(c2ccncn2)CC1. The number of benzene rings is 1. The Bertz CT molecular complexity index is 640. The number of aromatic nitrogens is 2. The zero-order valence-electron chi connectivity index (χ0n) is 11.6. The van der Waals surface area contributed by atoms with Crippen LogP contribution in [0.3, 0.4) is 0 Å². The van der Waals surface area contributed by atoms with Gasteiger partial charge >= 0.3 is 6.03 Å². The number of para-hydroxylation sites is 1. The van der Waals surface area contributed by atoms with Crippen LogP contribution in [0.15, 0.2) is 55.0 Å². The molecule has 0 bridgehead atoms. The first-order valence-corrected chi connectivity index (χ1v) is 6.89. The van der Waals surface area contributed by atoms with Crippen molar-refractivity contribution in [2.75, 3.05) is 18.4 Å². The Balaban J connectivity index is 1.63. The van der Waals surface area contributed by atoms with Gasteiger partial charge in [0.1, 0.15) is 6.33 Å². The molecule has 1 N–H and O–H groups in total. The number of carbonyl (C=O) groups is 1. The second-order valence-electron chi connectivity index (χ2n) is 4.82. The summed E-state index contributed by atoms with van der Waals surface area (Å²) in [7, 11) is 0. The van der Waals surface area contributed by atoms with Crippen LogP contribution in [-0.4, -0.2) is 34.0 Å². The molecule has 2 aromatic rings. The molecular weight excluding hydrogens is 264 g/mol. The molecule has 0 unspecified atom stereocenters. The molecule has 1 aliphatic rings. The predicted molar refractivity (Wildman–Crippen MR) is 81.7 cm³/mol. The third kappa shape index (κ3) is 3.25. The van der Waals surface area contributed by atoms with Crippen molar-refractivity contribution < 1.29 is 4.79 Å². The van der Waals surface area contributed by atoms with Crippen molar-refractivity contribution in [3.8, 4) is 0 Å². The van der Waals surface area contributed by atoms with Gasteiger partial charge in [0.05, 0.1) is 5.69 Å². The summed E-state index contributed by atoms with van der Waals surface area (Å²) in [5.41, 5.74) is 2.92. The largest absolute Gasteiger partial charge is 0.322 e. The molecule has 5 heteroatoms. The predicted octanol–water partition coefficient (Wildman–Crippen LogP) is 2.80. The van der Waals surface area contributed by atoms with E-state index in [0.717, 1.165) is 17.8 Å². The first kappa shape index (κ1) is 13.3. The minimum Gasteiger partial charge on any atom is -0.320 e. The normalized spacial score (nSPS) is 14.5. The molecular formula is C16H16N4O. The van der Waals surface area contributed by atoms with Gasteiger partial charge in [0.25, 0.3) is 0 Å². The van der Waals surface area contributed by atoms with Gasteiger partial charge < -0.3 is 10.2 Å². The highest BCUT2D eigenvalue weighted by atomic mass is 16.2. The molecule has 0 radical (unpaired) electrons. The third-order valence-electron chi connectivity index (χ3n) is 3.43. The fourth-order valence-electron chi connectivity index (χ4n) is 2.29. The van der Waals surface area contributed by atoms with E-state index in [0.29, 0.717) is 13.1 Å². The van der Waals surface area contributed by atoms with Crippen molar-refractivity contribution >= 4 is 17.3 Å². The summed E-state index contributed by atoms with van der Waals surface area (Å²) in [6.45, 7) is 1.28. The molecule has 5 nitrogen and oxygen atoms in total. The van der Waals surface area contributed by atoms with E-state index in [1.165, 1.54) is 5.57 Å². The Morgan fingerprint density at radius 2 is 2.05 bits per heavy atom. The molecule has 106 valence electrons. The summed E-state index contributed by atoms with van der Waals surface area (Å²) >= 11 is 0. The quantitative estimate of drug-likeness (QED) is 0.920. The fourth-order valence-corrected chi connectivity index (χ4v) is 2.29. The number of carbonyl (C=O) groups excluding carboxylic acids is 1. The van der Waals surface area contributed by atoms with Crippen LogP contribution in [0.25, 0.3) is 5.57 Å². The lowest BCUT2D eigenvalue weighted by molar-refractivity contribution is 0.217.